The molecule has 9 heteroatoms. The number of likely N-dealkylation sites (tertiary alicyclic amines) is 1. The molecule has 1 unspecified atom stereocenters. The van der Waals surface area contributed by atoms with E-state index < -0.39 is 17.8 Å². The summed E-state index contributed by atoms with van der Waals surface area (Å²) in [6.45, 7) is 1.57. The number of benzene rings is 2. The lowest BCUT2D eigenvalue weighted by Gasteiger charge is -2.36. The minimum absolute atomic E-state index is 0.0958. The number of nitrogens with zero attached hydrogens (tertiary/aromatic N) is 1. The molecule has 7 nitrogen and oxygen atoms in total. The number of nitrogens with one attached hydrogen (secondary N) is 2. The molecule has 0 aliphatic carbocycles. The molecule has 2 N–H and O–H groups in total. The van der Waals surface area contributed by atoms with Crippen LogP contribution in [0.1, 0.15) is 33.6 Å². The summed E-state index contributed by atoms with van der Waals surface area (Å²) in [5.74, 6) is -1.47. The predicted octanol–water partition coefficient (Wildman–Crippen LogP) is 2.89. The molecule has 0 radical (unpaired) electrons. The Morgan fingerprint density at radius 1 is 1.06 bits per heavy atom. The first-order valence-corrected chi connectivity index (χ1v) is 11.1. The van der Waals surface area contributed by atoms with Crippen LogP contribution in [0.5, 0.6) is 0 Å². The van der Waals surface area contributed by atoms with E-state index in [2.05, 4.69) is 10.6 Å². The van der Waals surface area contributed by atoms with Gasteiger partial charge in [-0.05, 0) is 67.3 Å². The first kappa shape index (κ1) is 24.7. The highest BCUT2D eigenvalue weighted by Gasteiger charge is 2.34. The van der Waals surface area contributed by atoms with Crippen molar-refractivity contribution >= 4 is 29.3 Å². The highest BCUT2D eigenvalue weighted by molar-refractivity contribution is 6.30. The second-order valence-corrected chi connectivity index (χ2v) is 8.31. The molecule has 2 aromatic rings. The van der Waals surface area contributed by atoms with Gasteiger partial charge >= 0.3 is 0 Å². The molecule has 0 bridgehead atoms. The molecule has 33 heavy (non-hydrogen) atoms. The van der Waals surface area contributed by atoms with Gasteiger partial charge in [-0.1, -0.05) is 11.6 Å². The second kappa shape index (κ2) is 11.8. The minimum Gasteiger partial charge on any atom is -0.383 e. The van der Waals surface area contributed by atoms with Crippen molar-refractivity contribution in [2.45, 2.75) is 18.9 Å². The van der Waals surface area contributed by atoms with E-state index >= 15 is 0 Å². The third kappa shape index (κ3) is 6.76. The zero-order valence-corrected chi connectivity index (χ0v) is 19.1. The average molecular weight is 476 g/mol. The van der Waals surface area contributed by atoms with Gasteiger partial charge in [0, 0.05) is 42.9 Å². The summed E-state index contributed by atoms with van der Waals surface area (Å²) in [5, 5.41) is 6.14. The maximum absolute atomic E-state index is 13.2. The van der Waals surface area contributed by atoms with E-state index in [0.717, 1.165) is 0 Å². The zero-order valence-electron chi connectivity index (χ0n) is 18.4. The van der Waals surface area contributed by atoms with Crippen molar-refractivity contribution in [1.29, 1.82) is 0 Å². The van der Waals surface area contributed by atoms with Gasteiger partial charge < -0.3 is 20.3 Å². The quantitative estimate of drug-likeness (QED) is 0.575. The Labute approximate surface area is 197 Å². The van der Waals surface area contributed by atoms with Gasteiger partial charge in [0.25, 0.3) is 11.8 Å². The van der Waals surface area contributed by atoms with Crippen LogP contribution >= 0.6 is 11.6 Å². The molecule has 1 saturated heterocycles. The lowest BCUT2D eigenvalue weighted by molar-refractivity contribution is -0.124. The fourth-order valence-corrected chi connectivity index (χ4v) is 3.95. The molecule has 0 saturated carbocycles. The number of rotatable bonds is 8. The molecule has 3 amide bonds. The fourth-order valence-electron chi connectivity index (χ4n) is 3.82. The summed E-state index contributed by atoms with van der Waals surface area (Å²) in [6.07, 6.45) is 1.09. The van der Waals surface area contributed by atoms with Gasteiger partial charge in [-0.2, -0.15) is 0 Å². The summed E-state index contributed by atoms with van der Waals surface area (Å²) in [7, 11) is 1.54. The van der Waals surface area contributed by atoms with E-state index in [0.29, 0.717) is 49.7 Å². The Morgan fingerprint density at radius 3 is 2.27 bits per heavy atom. The Morgan fingerprint density at radius 2 is 1.67 bits per heavy atom. The average Bonchev–Trinajstić information content (AvgIpc) is 2.83. The first-order chi connectivity index (χ1) is 15.9. The summed E-state index contributed by atoms with van der Waals surface area (Å²) in [6, 6.07) is 11.1. The van der Waals surface area contributed by atoms with Crippen molar-refractivity contribution in [3.05, 3.63) is 70.5 Å². The number of hydrogen-bond donors (Lipinski definition) is 2. The monoisotopic (exact) mass is 475 g/mol. The highest BCUT2D eigenvalue weighted by Crippen LogP contribution is 2.23. The Balaban J connectivity index is 1.66. The molecular formula is C24H27ClFN3O4. The van der Waals surface area contributed by atoms with Gasteiger partial charge in [-0.15, -0.1) is 0 Å². The van der Waals surface area contributed by atoms with Crippen LogP contribution in [0.2, 0.25) is 5.02 Å². The second-order valence-electron chi connectivity index (χ2n) is 7.88. The molecule has 1 atom stereocenters. The van der Waals surface area contributed by atoms with Crippen LogP contribution in [0, 0.1) is 11.7 Å². The number of carbonyl (C=O) groups is 3. The van der Waals surface area contributed by atoms with Crippen molar-refractivity contribution in [2.24, 2.45) is 5.92 Å². The van der Waals surface area contributed by atoms with Crippen LogP contribution in [0.15, 0.2) is 48.5 Å². The Hall–Kier alpha value is -2.97. The standard InChI is InChI=1S/C24H27ClFN3O4/c1-33-15-12-27-23(31)21(28-22(30)17-4-8-20(26)9-5-17)16-10-13-29(14-11-16)24(32)18-2-6-19(25)7-3-18/h2-9,16,21H,10-15H2,1H3,(H,27,31)(H,28,30). The summed E-state index contributed by atoms with van der Waals surface area (Å²) >= 11 is 5.90. The van der Waals surface area contributed by atoms with Crippen LogP contribution in [0.3, 0.4) is 0 Å². The van der Waals surface area contributed by atoms with E-state index in [1.165, 1.54) is 31.4 Å². The molecular weight excluding hydrogens is 449 g/mol. The molecule has 1 heterocycles. The fraction of sp³-hybridized carbons (Fsp3) is 0.375. The number of piperidine rings is 1. The van der Waals surface area contributed by atoms with Crippen LogP contribution in [-0.2, 0) is 9.53 Å². The maximum Gasteiger partial charge on any atom is 0.253 e. The number of carbonyl (C=O) groups excluding carboxylic acids is 3. The zero-order chi connectivity index (χ0) is 23.8. The third-order valence-electron chi connectivity index (χ3n) is 5.67. The van der Waals surface area contributed by atoms with Gasteiger partial charge in [0.2, 0.25) is 5.91 Å². The SMILES string of the molecule is COCCNC(=O)C(NC(=O)c1ccc(F)cc1)C1CCN(C(=O)c2ccc(Cl)cc2)CC1. The topological polar surface area (TPSA) is 87.7 Å². The number of ether oxygens (including phenoxy) is 1. The largest absolute Gasteiger partial charge is 0.383 e. The molecule has 1 fully saturated rings. The van der Waals surface area contributed by atoms with Crippen LogP contribution in [0.25, 0.3) is 0 Å². The van der Waals surface area contributed by atoms with Gasteiger partial charge in [-0.25, -0.2) is 4.39 Å². The summed E-state index contributed by atoms with van der Waals surface area (Å²) in [5.41, 5.74) is 0.817. The molecule has 1 aliphatic heterocycles. The molecule has 0 aromatic heterocycles. The lowest BCUT2D eigenvalue weighted by Crippen LogP contribution is -2.54. The van der Waals surface area contributed by atoms with Gasteiger partial charge in [0.1, 0.15) is 11.9 Å². The summed E-state index contributed by atoms with van der Waals surface area (Å²) < 4.78 is 18.2. The van der Waals surface area contributed by atoms with E-state index in [-0.39, 0.29) is 23.3 Å². The van der Waals surface area contributed by atoms with Crippen molar-refractivity contribution < 1.29 is 23.5 Å². The minimum atomic E-state index is -0.785. The van der Waals surface area contributed by atoms with E-state index in [9.17, 15) is 18.8 Å². The van der Waals surface area contributed by atoms with Crippen molar-refractivity contribution in [2.75, 3.05) is 33.4 Å². The molecule has 0 spiro atoms. The highest BCUT2D eigenvalue weighted by atomic mass is 35.5. The lowest BCUT2D eigenvalue weighted by atomic mass is 9.88. The van der Waals surface area contributed by atoms with Gasteiger partial charge in [-0.3, -0.25) is 14.4 Å². The molecule has 3 rings (SSSR count). The van der Waals surface area contributed by atoms with Crippen molar-refractivity contribution in [3.8, 4) is 0 Å². The predicted molar refractivity (Wildman–Crippen MR) is 123 cm³/mol. The molecule has 2 aromatic carbocycles. The first-order valence-electron chi connectivity index (χ1n) is 10.8. The van der Waals surface area contributed by atoms with Crippen LogP contribution < -0.4 is 10.6 Å². The van der Waals surface area contributed by atoms with E-state index in [1.807, 2.05) is 0 Å². The number of methoxy groups -OCH3 is 1. The van der Waals surface area contributed by atoms with Crippen molar-refractivity contribution in [1.82, 2.24) is 15.5 Å². The van der Waals surface area contributed by atoms with Gasteiger partial charge in [0.05, 0.1) is 6.61 Å². The van der Waals surface area contributed by atoms with Crippen LogP contribution in [0.4, 0.5) is 4.39 Å². The Kier molecular flexibility index (Phi) is 8.79. The number of hydrogen-bond acceptors (Lipinski definition) is 4. The summed E-state index contributed by atoms with van der Waals surface area (Å²) in [4.78, 5) is 40.1. The third-order valence-corrected chi connectivity index (χ3v) is 5.92. The van der Waals surface area contributed by atoms with Crippen LogP contribution in [-0.4, -0.2) is 62.0 Å². The smallest absolute Gasteiger partial charge is 0.253 e. The van der Waals surface area contributed by atoms with Crippen molar-refractivity contribution in [3.63, 3.8) is 0 Å². The Bertz CT molecular complexity index is 961. The number of halogens is 2. The maximum atomic E-state index is 13.2. The van der Waals surface area contributed by atoms with Gasteiger partial charge in [0.15, 0.2) is 0 Å². The number of amides is 3. The van der Waals surface area contributed by atoms with E-state index in [1.54, 1.807) is 29.2 Å². The normalized spacial score (nSPS) is 15.1. The van der Waals surface area contributed by atoms with E-state index in [4.69, 9.17) is 16.3 Å². The molecule has 1 aliphatic rings. The molecule has 176 valence electrons.